The Morgan fingerprint density at radius 1 is 1.27 bits per heavy atom. The van der Waals surface area contributed by atoms with Crippen LogP contribution in [-0.2, 0) is 6.42 Å². The molecule has 110 valence electrons. The van der Waals surface area contributed by atoms with Gasteiger partial charge in [0.25, 0.3) is 5.56 Å². The SMILES string of the molecule is O=c1[nH]c2nc3c(nn2/c1=C/c1ccc(Cl)cc1)CCCC=3. The van der Waals surface area contributed by atoms with E-state index in [1.54, 1.807) is 22.7 Å². The van der Waals surface area contributed by atoms with Crippen LogP contribution < -0.4 is 16.3 Å². The summed E-state index contributed by atoms with van der Waals surface area (Å²) in [5, 5.41) is 6.60. The van der Waals surface area contributed by atoms with Gasteiger partial charge in [0.1, 0.15) is 5.35 Å². The summed E-state index contributed by atoms with van der Waals surface area (Å²) in [5.74, 6) is 0.474. The molecular formula is C16H13ClN4O. The van der Waals surface area contributed by atoms with Crippen molar-refractivity contribution in [3.63, 3.8) is 0 Å². The lowest BCUT2D eigenvalue weighted by Crippen LogP contribution is -2.30. The number of nitrogens with zero attached hydrogens (tertiary/aromatic N) is 3. The van der Waals surface area contributed by atoms with Gasteiger partial charge in [-0.3, -0.25) is 9.78 Å². The number of aryl methyl sites for hydroxylation is 1. The summed E-state index contributed by atoms with van der Waals surface area (Å²) in [6.07, 6.45) is 6.82. The first-order valence-electron chi connectivity index (χ1n) is 7.16. The Bertz CT molecular complexity index is 1030. The van der Waals surface area contributed by atoms with Crippen molar-refractivity contribution in [3.8, 4) is 0 Å². The minimum absolute atomic E-state index is 0.197. The maximum atomic E-state index is 12.2. The quantitative estimate of drug-likeness (QED) is 0.729. The van der Waals surface area contributed by atoms with Gasteiger partial charge in [0.15, 0.2) is 0 Å². The number of halogens is 1. The van der Waals surface area contributed by atoms with Crippen LogP contribution in [0.5, 0.6) is 0 Å². The van der Waals surface area contributed by atoms with Gasteiger partial charge in [0, 0.05) is 5.02 Å². The van der Waals surface area contributed by atoms with E-state index in [4.69, 9.17) is 11.6 Å². The predicted octanol–water partition coefficient (Wildman–Crippen LogP) is 1.02. The fraction of sp³-hybridized carbons (Fsp3) is 0.188. The second-order valence-corrected chi connectivity index (χ2v) is 5.75. The summed E-state index contributed by atoms with van der Waals surface area (Å²) in [6.45, 7) is 0. The van der Waals surface area contributed by atoms with Gasteiger partial charge in [-0.25, -0.2) is 4.98 Å². The lowest BCUT2D eigenvalue weighted by Gasteiger charge is -2.06. The Labute approximate surface area is 130 Å². The van der Waals surface area contributed by atoms with E-state index in [9.17, 15) is 4.79 Å². The lowest BCUT2D eigenvalue weighted by molar-refractivity contribution is 0.730. The van der Waals surface area contributed by atoms with E-state index < -0.39 is 0 Å². The summed E-state index contributed by atoms with van der Waals surface area (Å²) in [7, 11) is 0. The third-order valence-electron chi connectivity index (χ3n) is 3.76. The molecule has 1 aliphatic carbocycles. The highest BCUT2D eigenvalue weighted by molar-refractivity contribution is 6.30. The molecule has 0 aliphatic heterocycles. The smallest absolute Gasteiger partial charge is 0.276 e. The minimum atomic E-state index is -0.197. The van der Waals surface area contributed by atoms with Crippen molar-refractivity contribution in [2.45, 2.75) is 19.3 Å². The van der Waals surface area contributed by atoms with Crippen molar-refractivity contribution in [2.75, 3.05) is 0 Å². The fourth-order valence-corrected chi connectivity index (χ4v) is 2.78. The highest BCUT2D eigenvalue weighted by atomic mass is 35.5. The molecule has 5 nitrogen and oxygen atoms in total. The van der Waals surface area contributed by atoms with E-state index >= 15 is 0 Å². The lowest BCUT2D eigenvalue weighted by atomic mass is 10.1. The fourth-order valence-electron chi connectivity index (χ4n) is 2.65. The molecule has 2 aromatic heterocycles. The van der Waals surface area contributed by atoms with Gasteiger partial charge in [-0.2, -0.15) is 9.61 Å². The molecule has 22 heavy (non-hydrogen) atoms. The summed E-state index contributed by atoms with van der Waals surface area (Å²) >= 11 is 5.89. The molecule has 6 heteroatoms. The van der Waals surface area contributed by atoms with E-state index in [1.807, 2.05) is 12.1 Å². The maximum Gasteiger partial charge on any atom is 0.276 e. The van der Waals surface area contributed by atoms with E-state index in [-0.39, 0.29) is 5.56 Å². The van der Waals surface area contributed by atoms with Crippen LogP contribution in [0.25, 0.3) is 17.9 Å². The number of aromatic nitrogens is 4. The van der Waals surface area contributed by atoms with Crippen LogP contribution in [0.1, 0.15) is 24.1 Å². The van der Waals surface area contributed by atoms with Crippen LogP contribution in [-0.4, -0.2) is 19.6 Å². The van der Waals surface area contributed by atoms with Gasteiger partial charge in [-0.05, 0) is 43.0 Å². The van der Waals surface area contributed by atoms with Crippen molar-refractivity contribution in [1.29, 1.82) is 0 Å². The molecule has 4 rings (SSSR count). The van der Waals surface area contributed by atoms with Crippen molar-refractivity contribution < 1.29 is 0 Å². The third-order valence-corrected chi connectivity index (χ3v) is 4.01. The Morgan fingerprint density at radius 2 is 2.09 bits per heavy atom. The highest BCUT2D eigenvalue weighted by Crippen LogP contribution is 2.09. The van der Waals surface area contributed by atoms with Crippen LogP contribution in [0.3, 0.4) is 0 Å². The van der Waals surface area contributed by atoms with Crippen molar-refractivity contribution in [3.05, 3.63) is 61.6 Å². The first kappa shape index (κ1) is 13.3. The summed E-state index contributed by atoms with van der Waals surface area (Å²) < 4.78 is 1.59. The first-order chi connectivity index (χ1) is 10.7. The number of fused-ring (bicyclic) bond motifs is 2. The molecule has 3 aromatic rings. The van der Waals surface area contributed by atoms with E-state index in [1.165, 1.54) is 0 Å². The van der Waals surface area contributed by atoms with Crippen LogP contribution in [0, 0.1) is 0 Å². The summed E-state index contributed by atoms with van der Waals surface area (Å²) in [4.78, 5) is 19.5. The number of imidazole rings is 1. The molecule has 0 saturated carbocycles. The van der Waals surface area contributed by atoms with Gasteiger partial charge in [0.05, 0.1) is 11.0 Å². The first-order valence-corrected chi connectivity index (χ1v) is 7.54. The molecule has 0 saturated heterocycles. The van der Waals surface area contributed by atoms with Gasteiger partial charge in [-0.1, -0.05) is 29.8 Å². The molecule has 0 unspecified atom stereocenters. The molecular weight excluding hydrogens is 300 g/mol. The van der Waals surface area contributed by atoms with Gasteiger partial charge in [-0.15, -0.1) is 0 Å². The molecule has 0 bridgehead atoms. The molecule has 0 atom stereocenters. The minimum Gasteiger partial charge on any atom is -0.289 e. The molecule has 1 aliphatic rings. The van der Waals surface area contributed by atoms with Gasteiger partial charge < -0.3 is 0 Å². The predicted molar refractivity (Wildman–Crippen MR) is 85.3 cm³/mol. The molecule has 0 fully saturated rings. The third kappa shape index (κ3) is 2.23. The van der Waals surface area contributed by atoms with Gasteiger partial charge in [0.2, 0.25) is 5.78 Å². The topological polar surface area (TPSA) is 63.0 Å². The normalized spacial score (nSPS) is 14.9. The largest absolute Gasteiger partial charge is 0.289 e. The Kier molecular flexibility index (Phi) is 3.08. The Morgan fingerprint density at radius 3 is 2.91 bits per heavy atom. The van der Waals surface area contributed by atoms with Crippen LogP contribution in [0.15, 0.2) is 29.1 Å². The number of H-pyrrole nitrogens is 1. The monoisotopic (exact) mass is 312 g/mol. The van der Waals surface area contributed by atoms with E-state index in [0.29, 0.717) is 16.1 Å². The molecule has 1 N–H and O–H groups in total. The zero-order valence-electron chi connectivity index (χ0n) is 11.7. The summed E-state index contributed by atoms with van der Waals surface area (Å²) in [5.41, 5.74) is 1.63. The molecule has 0 spiro atoms. The van der Waals surface area contributed by atoms with Crippen LogP contribution >= 0.6 is 11.6 Å². The number of benzene rings is 1. The average Bonchev–Trinajstić information content (AvgIpc) is 2.82. The number of nitrogens with one attached hydrogen (secondary N) is 1. The van der Waals surface area contributed by atoms with Crippen molar-refractivity contribution >= 4 is 29.5 Å². The number of hydrogen-bond donors (Lipinski definition) is 1. The number of aromatic amines is 1. The number of hydrogen-bond acceptors (Lipinski definition) is 3. The maximum absolute atomic E-state index is 12.2. The zero-order chi connectivity index (χ0) is 15.1. The second kappa shape index (κ2) is 5.10. The summed E-state index contributed by atoms with van der Waals surface area (Å²) in [6, 6.07) is 7.31. The Hall–Kier alpha value is -2.40. The molecule has 0 amide bonds. The van der Waals surface area contributed by atoms with Crippen molar-refractivity contribution in [2.24, 2.45) is 0 Å². The highest BCUT2D eigenvalue weighted by Gasteiger charge is 2.10. The van der Waals surface area contributed by atoms with Crippen molar-refractivity contribution in [1.82, 2.24) is 19.6 Å². The standard InChI is InChI=1S/C16H13ClN4O/c17-11-7-5-10(6-8-11)9-14-15(22)19-16-18-12-3-1-2-4-13(12)20-21(14)16/h3,5-9H,1-2,4H2,(H,18,19,22)/b14-9+. The van der Waals surface area contributed by atoms with E-state index in [2.05, 4.69) is 21.1 Å². The molecule has 0 radical (unpaired) electrons. The Balaban J connectivity index is 2.00. The molecule has 2 heterocycles. The zero-order valence-corrected chi connectivity index (χ0v) is 12.5. The van der Waals surface area contributed by atoms with E-state index in [0.717, 1.165) is 35.9 Å². The van der Waals surface area contributed by atoms with Crippen LogP contribution in [0.2, 0.25) is 5.02 Å². The van der Waals surface area contributed by atoms with Gasteiger partial charge >= 0.3 is 0 Å². The second-order valence-electron chi connectivity index (χ2n) is 5.31. The molecule has 1 aromatic carbocycles. The average molecular weight is 313 g/mol. The van der Waals surface area contributed by atoms with Crippen LogP contribution in [0.4, 0.5) is 0 Å². The number of rotatable bonds is 1.